The maximum Gasteiger partial charge on any atom is 0.0641 e. The average molecular weight is 260 g/mol. The Morgan fingerprint density at radius 3 is 1.84 bits per heavy atom. The number of hydrogen-bond acceptors (Lipinski definition) is 2. The van der Waals surface area contributed by atoms with E-state index in [4.69, 9.17) is 5.26 Å². The summed E-state index contributed by atoms with van der Waals surface area (Å²) in [6.07, 6.45) is 16.2. The van der Waals surface area contributed by atoms with Crippen molar-refractivity contribution in [1.82, 2.24) is 4.90 Å². The van der Waals surface area contributed by atoms with Crippen molar-refractivity contribution in [2.24, 2.45) is 0 Å². The summed E-state index contributed by atoms with van der Waals surface area (Å²) in [5.41, 5.74) is 0. The molecule has 2 aliphatic carbocycles. The summed E-state index contributed by atoms with van der Waals surface area (Å²) < 4.78 is 0. The summed E-state index contributed by atoms with van der Waals surface area (Å²) in [7, 11) is 0. The second-order valence-electron chi connectivity index (χ2n) is 6.20. The van der Waals surface area contributed by atoms with Crippen molar-refractivity contribution in [1.29, 1.82) is 5.26 Å². The van der Waals surface area contributed by atoms with E-state index in [0.717, 1.165) is 0 Å². The fourth-order valence-electron chi connectivity index (χ4n) is 4.00. The van der Waals surface area contributed by atoms with E-state index in [9.17, 15) is 0 Å². The molecule has 2 rings (SSSR count). The fourth-order valence-corrected chi connectivity index (χ4v) is 4.00. The highest BCUT2D eigenvalue weighted by molar-refractivity contribution is 4.99. The molecule has 0 aromatic carbocycles. The quantitative estimate of drug-likeness (QED) is 0.684. The van der Waals surface area contributed by atoms with E-state index in [1.54, 1.807) is 0 Å². The first-order chi connectivity index (χ1) is 9.36. The first-order valence-electron chi connectivity index (χ1n) is 8.13. The van der Waals surface area contributed by atoms with Crippen LogP contribution in [0.2, 0.25) is 0 Å². The molecule has 0 heterocycles. The van der Waals surface area contributed by atoms with Gasteiger partial charge in [-0.05, 0) is 25.7 Å². The number of rotatable bonds is 5. The third-order valence-electron chi connectivity index (χ3n) is 4.95. The molecule has 0 aromatic rings. The van der Waals surface area contributed by atoms with Gasteiger partial charge in [0.05, 0.1) is 12.5 Å². The summed E-state index contributed by atoms with van der Waals surface area (Å²) in [4.78, 5) is 2.69. The molecule has 2 nitrogen and oxygen atoms in total. The molecule has 0 N–H and O–H groups in total. The predicted octanol–water partition coefficient (Wildman–Crippen LogP) is 4.42. The molecule has 0 saturated heterocycles. The molecule has 0 aliphatic heterocycles. The third kappa shape index (κ3) is 3.83. The Morgan fingerprint density at radius 1 is 1.00 bits per heavy atom. The van der Waals surface area contributed by atoms with Gasteiger partial charge in [0.1, 0.15) is 0 Å². The van der Waals surface area contributed by atoms with Gasteiger partial charge in [0.25, 0.3) is 0 Å². The lowest BCUT2D eigenvalue weighted by Gasteiger charge is -2.45. The Bertz CT molecular complexity index is 288. The molecular weight excluding hydrogens is 232 g/mol. The summed E-state index contributed by atoms with van der Waals surface area (Å²) in [6.45, 7) is 4.00. The molecule has 0 spiro atoms. The van der Waals surface area contributed by atoms with Crippen molar-refractivity contribution in [3.63, 3.8) is 0 Å². The average Bonchev–Trinajstić information content (AvgIpc) is 2.49. The first kappa shape index (κ1) is 14.6. The van der Waals surface area contributed by atoms with E-state index in [1.807, 2.05) is 6.08 Å². The van der Waals surface area contributed by atoms with E-state index in [1.165, 1.54) is 64.2 Å². The minimum Gasteiger partial charge on any atom is -0.290 e. The minimum absolute atomic E-state index is 0.274. The summed E-state index contributed by atoms with van der Waals surface area (Å²) in [6, 6.07) is 4.04. The number of hydrogen-bond donors (Lipinski definition) is 0. The van der Waals surface area contributed by atoms with Gasteiger partial charge in [-0.1, -0.05) is 44.6 Å². The Balaban J connectivity index is 2.10. The Morgan fingerprint density at radius 2 is 1.47 bits per heavy atom. The van der Waals surface area contributed by atoms with Crippen LogP contribution >= 0.6 is 0 Å². The van der Waals surface area contributed by atoms with Crippen LogP contribution in [0.1, 0.15) is 70.6 Å². The number of nitriles is 1. The zero-order valence-electron chi connectivity index (χ0n) is 12.2. The third-order valence-corrected chi connectivity index (χ3v) is 4.95. The van der Waals surface area contributed by atoms with E-state index in [-0.39, 0.29) is 6.04 Å². The van der Waals surface area contributed by atoms with Crippen LogP contribution < -0.4 is 0 Å². The lowest BCUT2D eigenvalue weighted by molar-refractivity contribution is 0.0565. The molecule has 2 saturated carbocycles. The molecule has 2 aliphatic rings. The van der Waals surface area contributed by atoms with E-state index in [2.05, 4.69) is 17.5 Å². The van der Waals surface area contributed by atoms with Crippen molar-refractivity contribution >= 4 is 0 Å². The van der Waals surface area contributed by atoms with Crippen molar-refractivity contribution in [2.45, 2.75) is 88.8 Å². The SMILES string of the molecule is C=CC(CC#N)N(C1CCCCC1)C1CCCCC1. The van der Waals surface area contributed by atoms with Gasteiger partial charge >= 0.3 is 0 Å². The first-order valence-corrected chi connectivity index (χ1v) is 8.13. The minimum atomic E-state index is 0.274. The second kappa shape index (κ2) is 7.70. The smallest absolute Gasteiger partial charge is 0.0641 e. The van der Waals surface area contributed by atoms with Gasteiger partial charge in [0, 0.05) is 18.1 Å². The van der Waals surface area contributed by atoms with Gasteiger partial charge in [-0.3, -0.25) is 4.90 Å². The van der Waals surface area contributed by atoms with Gasteiger partial charge in [0.2, 0.25) is 0 Å². The predicted molar refractivity (Wildman–Crippen MR) is 79.8 cm³/mol. The van der Waals surface area contributed by atoms with Crippen LogP contribution in [0, 0.1) is 11.3 Å². The van der Waals surface area contributed by atoms with Crippen molar-refractivity contribution < 1.29 is 0 Å². The highest BCUT2D eigenvalue weighted by atomic mass is 15.2. The van der Waals surface area contributed by atoms with Crippen LogP contribution in [-0.4, -0.2) is 23.0 Å². The zero-order valence-corrected chi connectivity index (χ0v) is 12.2. The Kier molecular flexibility index (Phi) is 5.92. The van der Waals surface area contributed by atoms with Gasteiger partial charge in [-0.15, -0.1) is 6.58 Å². The Hall–Kier alpha value is -0.810. The van der Waals surface area contributed by atoms with Gasteiger partial charge < -0.3 is 0 Å². The molecule has 1 unspecified atom stereocenters. The van der Waals surface area contributed by atoms with Crippen molar-refractivity contribution in [3.8, 4) is 6.07 Å². The molecule has 2 fully saturated rings. The molecule has 106 valence electrons. The van der Waals surface area contributed by atoms with Gasteiger partial charge in [-0.2, -0.15) is 5.26 Å². The molecule has 0 bridgehead atoms. The van der Waals surface area contributed by atoms with Crippen molar-refractivity contribution in [2.75, 3.05) is 0 Å². The summed E-state index contributed by atoms with van der Waals surface area (Å²) in [5.74, 6) is 0. The van der Waals surface area contributed by atoms with Crippen LogP contribution in [0.4, 0.5) is 0 Å². The normalized spacial score (nSPS) is 24.0. The van der Waals surface area contributed by atoms with E-state index < -0.39 is 0 Å². The molecule has 2 heteroatoms. The van der Waals surface area contributed by atoms with Crippen LogP contribution in [0.15, 0.2) is 12.7 Å². The number of nitrogens with zero attached hydrogens (tertiary/aromatic N) is 2. The zero-order chi connectivity index (χ0) is 13.5. The fraction of sp³-hybridized carbons (Fsp3) is 0.824. The molecular formula is C17H28N2. The van der Waals surface area contributed by atoms with E-state index in [0.29, 0.717) is 18.5 Å². The van der Waals surface area contributed by atoms with E-state index >= 15 is 0 Å². The highest BCUT2D eigenvalue weighted by Crippen LogP contribution is 2.32. The maximum atomic E-state index is 9.09. The second-order valence-corrected chi connectivity index (χ2v) is 6.20. The topological polar surface area (TPSA) is 27.0 Å². The molecule has 19 heavy (non-hydrogen) atoms. The summed E-state index contributed by atoms with van der Waals surface area (Å²) in [5, 5.41) is 9.09. The van der Waals surface area contributed by atoms with Crippen LogP contribution in [0.5, 0.6) is 0 Å². The Labute approximate surface area is 118 Å². The van der Waals surface area contributed by atoms with Crippen molar-refractivity contribution in [3.05, 3.63) is 12.7 Å². The lowest BCUT2D eigenvalue weighted by Crippen LogP contribution is -2.50. The molecule has 0 amide bonds. The maximum absolute atomic E-state index is 9.09. The molecule has 1 atom stereocenters. The standard InChI is InChI=1S/C17H28N2/c1-2-15(13-14-18)19(16-9-5-3-6-10-16)17-11-7-4-8-12-17/h2,15-17H,1,3-13H2. The van der Waals surface area contributed by atoms with Crippen LogP contribution in [0.25, 0.3) is 0 Å². The highest BCUT2D eigenvalue weighted by Gasteiger charge is 2.32. The monoisotopic (exact) mass is 260 g/mol. The van der Waals surface area contributed by atoms with Crippen LogP contribution in [-0.2, 0) is 0 Å². The largest absolute Gasteiger partial charge is 0.290 e. The van der Waals surface area contributed by atoms with Gasteiger partial charge in [0.15, 0.2) is 0 Å². The molecule has 0 radical (unpaired) electrons. The molecule has 0 aromatic heterocycles. The van der Waals surface area contributed by atoms with Crippen LogP contribution in [0.3, 0.4) is 0 Å². The van der Waals surface area contributed by atoms with Gasteiger partial charge in [-0.25, -0.2) is 0 Å². The lowest BCUT2D eigenvalue weighted by atomic mass is 9.87. The summed E-state index contributed by atoms with van der Waals surface area (Å²) >= 11 is 0.